The minimum absolute atomic E-state index is 0.0439. The molecule has 1 saturated heterocycles. The van der Waals surface area contributed by atoms with E-state index < -0.39 is 17.8 Å². The summed E-state index contributed by atoms with van der Waals surface area (Å²) >= 11 is 2.25. The third-order valence-corrected chi connectivity index (χ3v) is 6.86. The molecule has 0 bridgehead atoms. The van der Waals surface area contributed by atoms with Gasteiger partial charge >= 0.3 is 6.03 Å². The second-order valence-electron chi connectivity index (χ2n) is 8.84. The fraction of sp³-hybridized carbons (Fsp3) is 0.167. The lowest BCUT2D eigenvalue weighted by atomic mass is 10.0. The van der Waals surface area contributed by atoms with Gasteiger partial charge in [-0.2, -0.15) is 0 Å². The number of allylic oxidation sites excluding steroid dienone is 1. The number of anilines is 1. The van der Waals surface area contributed by atoms with E-state index in [0.29, 0.717) is 48.2 Å². The average molecular weight is 652 g/mol. The maximum atomic E-state index is 13.5. The van der Waals surface area contributed by atoms with Crippen LogP contribution in [-0.4, -0.2) is 31.2 Å². The van der Waals surface area contributed by atoms with Crippen molar-refractivity contribution in [3.63, 3.8) is 0 Å². The number of nitrogens with zero attached hydrogens (tertiary/aromatic N) is 1. The van der Waals surface area contributed by atoms with Gasteiger partial charge in [0.05, 0.1) is 12.3 Å². The smallest absolute Gasteiger partial charge is 0.335 e. The average Bonchev–Trinajstić information content (AvgIpc) is 3.40. The van der Waals surface area contributed by atoms with E-state index in [-0.39, 0.29) is 18.1 Å². The lowest BCUT2D eigenvalue weighted by Gasteiger charge is -2.26. The van der Waals surface area contributed by atoms with Gasteiger partial charge in [0.1, 0.15) is 12.2 Å². The van der Waals surface area contributed by atoms with Crippen molar-refractivity contribution >= 4 is 52.2 Å². The van der Waals surface area contributed by atoms with E-state index >= 15 is 0 Å². The fourth-order valence-electron chi connectivity index (χ4n) is 4.32. The molecule has 0 spiro atoms. The molecule has 0 aliphatic carbocycles. The Morgan fingerprint density at radius 1 is 1.02 bits per heavy atom. The van der Waals surface area contributed by atoms with Gasteiger partial charge in [-0.15, -0.1) is 6.58 Å². The summed E-state index contributed by atoms with van der Waals surface area (Å²) in [5, 5.41) is 2.24. The minimum atomic E-state index is -0.854. The van der Waals surface area contributed by atoms with Crippen LogP contribution >= 0.6 is 22.6 Å². The topological polar surface area (TPSA) is 103 Å². The van der Waals surface area contributed by atoms with Crippen LogP contribution in [0.15, 0.2) is 72.8 Å². The predicted molar refractivity (Wildman–Crippen MR) is 157 cm³/mol. The van der Waals surface area contributed by atoms with Crippen molar-refractivity contribution in [1.29, 1.82) is 0 Å². The number of imide groups is 2. The number of fused-ring (bicyclic) bond motifs is 1. The van der Waals surface area contributed by atoms with Crippen molar-refractivity contribution in [3.05, 3.63) is 93.1 Å². The zero-order valence-corrected chi connectivity index (χ0v) is 23.7. The number of hydrogen-bond acceptors (Lipinski definition) is 7. The molecule has 0 saturated carbocycles. The van der Waals surface area contributed by atoms with Gasteiger partial charge in [0.15, 0.2) is 23.0 Å². The van der Waals surface area contributed by atoms with E-state index in [1.165, 1.54) is 12.1 Å². The number of urea groups is 1. The van der Waals surface area contributed by atoms with Crippen molar-refractivity contribution in [2.24, 2.45) is 0 Å². The Kier molecular flexibility index (Phi) is 8.06. The highest BCUT2D eigenvalue weighted by atomic mass is 127. The maximum Gasteiger partial charge on any atom is 0.335 e. The summed E-state index contributed by atoms with van der Waals surface area (Å²) in [5.41, 5.74) is 2.33. The maximum absolute atomic E-state index is 13.5. The van der Waals surface area contributed by atoms with Crippen LogP contribution in [-0.2, 0) is 22.6 Å². The monoisotopic (exact) mass is 652 g/mol. The number of hydrogen-bond donors (Lipinski definition) is 1. The van der Waals surface area contributed by atoms with Crippen LogP contribution < -0.4 is 29.2 Å². The van der Waals surface area contributed by atoms with Crippen LogP contribution in [0.1, 0.15) is 23.6 Å². The van der Waals surface area contributed by atoms with Crippen LogP contribution in [0.5, 0.6) is 23.0 Å². The van der Waals surface area contributed by atoms with Crippen molar-refractivity contribution in [1.82, 2.24) is 5.32 Å². The lowest BCUT2D eigenvalue weighted by Crippen LogP contribution is -2.54. The van der Waals surface area contributed by atoms with Crippen LogP contribution in [0.25, 0.3) is 6.08 Å². The van der Waals surface area contributed by atoms with Crippen molar-refractivity contribution < 1.29 is 33.3 Å². The van der Waals surface area contributed by atoms with Crippen LogP contribution in [0, 0.1) is 3.57 Å². The number of halogens is 1. The Labute approximate surface area is 244 Å². The highest BCUT2D eigenvalue weighted by Crippen LogP contribution is 2.38. The number of barbiturate groups is 1. The van der Waals surface area contributed by atoms with Gasteiger partial charge in [-0.1, -0.05) is 18.2 Å². The van der Waals surface area contributed by atoms with Gasteiger partial charge in [-0.05, 0) is 89.5 Å². The highest BCUT2D eigenvalue weighted by Gasteiger charge is 2.37. The second kappa shape index (κ2) is 11.8. The molecule has 2 aliphatic heterocycles. The van der Waals surface area contributed by atoms with Crippen LogP contribution in [0.3, 0.4) is 0 Å². The molecule has 0 aromatic heterocycles. The molecule has 40 heavy (non-hydrogen) atoms. The number of carbonyl (C=O) groups is 3. The summed E-state index contributed by atoms with van der Waals surface area (Å²) < 4.78 is 23.9. The molecule has 1 N–H and O–H groups in total. The largest absolute Gasteiger partial charge is 0.490 e. The molecule has 3 aromatic rings. The summed E-state index contributed by atoms with van der Waals surface area (Å²) in [6.07, 6.45) is 3.63. The van der Waals surface area contributed by atoms with E-state index in [9.17, 15) is 14.4 Å². The molecule has 0 unspecified atom stereocenters. The molecule has 0 atom stereocenters. The number of ether oxygens (including phenoxy) is 4. The normalized spacial score (nSPS) is 15.3. The second-order valence-corrected chi connectivity index (χ2v) is 10.1. The van der Waals surface area contributed by atoms with E-state index in [1.807, 2.05) is 37.3 Å². The molecular weight excluding hydrogens is 627 g/mol. The molecule has 5 rings (SSSR count). The first-order chi connectivity index (χ1) is 19.4. The van der Waals surface area contributed by atoms with Gasteiger partial charge < -0.3 is 18.9 Å². The summed E-state index contributed by atoms with van der Waals surface area (Å²) in [5.74, 6) is 0.356. The molecule has 2 aliphatic rings. The van der Waals surface area contributed by atoms with E-state index in [2.05, 4.69) is 34.5 Å². The Bertz CT molecular complexity index is 1530. The molecule has 0 radical (unpaired) electrons. The summed E-state index contributed by atoms with van der Waals surface area (Å²) in [6, 6.07) is 15.3. The fourth-order valence-corrected chi connectivity index (χ4v) is 4.68. The first kappa shape index (κ1) is 27.3. The third-order valence-electron chi connectivity index (χ3n) is 6.14. The van der Waals surface area contributed by atoms with Gasteiger partial charge in [0, 0.05) is 15.2 Å². The Balaban J connectivity index is 1.49. The Morgan fingerprint density at radius 2 is 1.80 bits per heavy atom. The van der Waals surface area contributed by atoms with Crippen LogP contribution in [0.2, 0.25) is 0 Å². The molecule has 3 aromatic carbocycles. The van der Waals surface area contributed by atoms with Gasteiger partial charge in [0.25, 0.3) is 11.8 Å². The summed E-state index contributed by atoms with van der Waals surface area (Å²) in [4.78, 5) is 39.8. The minimum Gasteiger partial charge on any atom is -0.490 e. The number of nitrogens with one attached hydrogen (secondary N) is 1. The quantitative estimate of drug-likeness (QED) is 0.143. The molecule has 1 fully saturated rings. The van der Waals surface area contributed by atoms with E-state index in [1.54, 1.807) is 24.3 Å². The van der Waals surface area contributed by atoms with Gasteiger partial charge in [-0.3, -0.25) is 14.9 Å². The number of amides is 4. The molecule has 4 amide bonds. The predicted octanol–water partition coefficient (Wildman–Crippen LogP) is 5.39. The molecular formula is C30H25IN2O7. The zero-order chi connectivity index (χ0) is 28.2. The number of carbonyl (C=O) groups excluding carboxylic acids is 3. The SMILES string of the molecule is C=CCc1cc(/C=C2\C(=O)NC(=O)N(c3ccc4c(c3)OCO4)C2=O)cc(OCC)c1OCc1ccc(I)cc1. The van der Waals surface area contributed by atoms with Gasteiger partial charge in [0.2, 0.25) is 6.79 Å². The van der Waals surface area contributed by atoms with Crippen molar-refractivity contribution in [2.75, 3.05) is 18.3 Å². The molecule has 10 heteroatoms. The van der Waals surface area contributed by atoms with Crippen molar-refractivity contribution in [3.8, 4) is 23.0 Å². The van der Waals surface area contributed by atoms with E-state index in [4.69, 9.17) is 18.9 Å². The standard InChI is InChI=1S/C30H25IN2O7/c1-3-5-20-12-19(14-26(37-4-2)27(20)38-16-18-6-8-21(31)9-7-18)13-23-28(34)32-30(36)33(29(23)35)22-10-11-24-25(15-22)40-17-39-24/h3,6-15H,1,4-5,16-17H2,2H3,(H,32,34,36)/b23-13+. The highest BCUT2D eigenvalue weighted by molar-refractivity contribution is 14.1. The summed E-state index contributed by atoms with van der Waals surface area (Å²) in [7, 11) is 0. The molecule has 2 heterocycles. The first-order valence-corrected chi connectivity index (χ1v) is 13.5. The molecule has 204 valence electrons. The first-order valence-electron chi connectivity index (χ1n) is 12.5. The lowest BCUT2D eigenvalue weighted by molar-refractivity contribution is -0.122. The third kappa shape index (κ3) is 5.67. The van der Waals surface area contributed by atoms with E-state index in [0.717, 1.165) is 19.6 Å². The Hall–Kier alpha value is -4.32. The number of benzene rings is 3. The van der Waals surface area contributed by atoms with Gasteiger partial charge in [-0.25, -0.2) is 9.69 Å². The summed E-state index contributed by atoms with van der Waals surface area (Å²) in [6.45, 7) is 6.45. The van der Waals surface area contributed by atoms with Crippen molar-refractivity contribution in [2.45, 2.75) is 20.0 Å². The number of rotatable bonds is 9. The Morgan fingerprint density at radius 3 is 2.55 bits per heavy atom. The molecule has 9 nitrogen and oxygen atoms in total. The van der Waals surface area contributed by atoms with Crippen LogP contribution in [0.4, 0.5) is 10.5 Å². The zero-order valence-electron chi connectivity index (χ0n) is 21.6.